The molecular weight excluding hydrogens is 584 g/mol. The topological polar surface area (TPSA) is 6.48 Å². The quantitative estimate of drug-likeness (QED) is 0.182. The molecular formula is C33H32Br2N2. The van der Waals surface area contributed by atoms with Gasteiger partial charge in [0, 0.05) is 54.4 Å². The van der Waals surface area contributed by atoms with Gasteiger partial charge in [-0.15, -0.1) is 0 Å². The van der Waals surface area contributed by atoms with E-state index in [1.807, 2.05) is 0 Å². The van der Waals surface area contributed by atoms with Gasteiger partial charge < -0.3 is 9.80 Å². The SMILES string of the molecule is CN(C)c1ccc(C(=CC=CC(c2ccc(Br)cc2)c2ccc(N(C)C)cc2)c2ccc(Br)cc2)cc1. The molecule has 0 aliphatic carbocycles. The summed E-state index contributed by atoms with van der Waals surface area (Å²) < 4.78 is 2.16. The molecule has 0 saturated heterocycles. The van der Waals surface area contributed by atoms with Crippen LogP contribution in [0.1, 0.15) is 28.2 Å². The minimum Gasteiger partial charge on any atom is -0.378 e. The Morgan fingerprint density at radius 3 is 1.41 bits per heavy atom. The molecule has 1 unspecified atom stereocenters. The highest BCUT2D eigenvalue weighted by molar-refractivity contribution is 9.10. The Morgan fingerprint density at radius 1 is 0.568 bits per heavy atom. The average Bonchev–Trinajstić information content (AvgIpc) is 2.90. The highest BCUT2D eigenvalue weighted by Gasteiger charge is 2.12. The van der Waals surface area contributed by atoms with Crippen molar-refractivity contribution in [3.63, 3.8) is 0 Å². The second-order valence-corrected chi connectivity index (χ2v) is 11.3. The lowest BCUT2D eigenvalue weighted by Crippen LogP contribution is -2.08. The summed E-state index contributed by atoms with van der Waals surface area (Å²) in [6.07, 6.45) is 6.72. The largest absolute Gasteiger partial charge is 0.378 e. The van der Waals surface area contributed by atoms with Gasteiger partial charge in [0.25, 0.3) is 0 Å². The molecule has 0 aliphatic heterocycles. The molecule has 1 atom stereocenters. The number of benzene rings is 4. The number of allylic oxidation sites excluding steroid dienone is 3. The van der Waals surface area contributed by atoms with E-state index >= 15 is 0 Å². The highest BCUT2D eigenvalue weighted by Crippen LogP contribution is 2.31. The van der Waals surface area contributed by atoms with Gasteiger partial charge in [0.15, 0.2) is 0 Å². The van der Waals surface area contributed by atoms with E-state index in [1.54, 1.807) is 0 Å². The van der Waals surface area contributed by atoms with Gasteiger partial charge in [-0.05, 0) is 76.4 Å². The number of rotatable bonds is 8. The molecule has 0 aliphatic rings. The molecule has 4 heteroatoms. The Bertz CT molecular complexity index is 1350. The minimum absolute atomic E-state index is 0.142. The Hall–Kier alpha value is -3.08. The molecule has 4 aromatic rings. The van der Waals surface area contributed by atoms with E-state index in [9.17, 15) is 0 Å². The second-order valence-electron chi connectivity index (χ2n) is 9.43. The molecule has 0 saturated carbocycles. The normalized spacial score (nSPS) is 12.5. The summed E-state index contributed by atoms with van der Waals surface area (Å²) in [4.78, 5) is 4.25. The van der Waals surface area contributed by atoms with Crippen LogP contribution in [0.4, 0.5) is 11.4 Å². The maximum atomic E-state index is 3.58. The van der Waals surface area contributed by atoms with Gasteiger partial charge in [-0.1, -0.05) is 98.6 Å². The van der Waals surface area contributed by atoms with Gasteiger partial charge >= 0.3 is 0 Å². The summed E-state index contributed by atoms with van der Waals surface area (Å²) in [5.74, 6) is 0.142. The smallest absolute Gasteiger partial charge is 0.0361 e. The van der Waals surface area contributed by atoms with Gasteiger partial charge in [0.1, 0.15) is 0 Å². The number of nitrogens with zero attached hydrogens (tertiary/aromatic N) is 2. The number of hydrogen-bond donors (Lipinski definition) is 0. The van der Waals surface area contributed by atoms with Crippen LogP contribution in [0.15, 0.2) is 124 Å². The molecule has 0 amide bonds. The zero-order chi connectivity index (χ0) is 26.4. The van der Waals surface area contributed by atoms with Crippen molar-refractivity contribution in [1.29, 1.82) is 0 Å². The van der Waals surface area contributed by atoms with Crippen LogP contribution in [0.2, 0.25) is 0 Å². The van der Waals surface area contributed by atoms with Crippen LogP contribution < -0.4 is 9.80 Å². The molecule has 188 valence electrons. The van der Waals surface area contributed by atoms with E-state index in [-0.39, 0.29) is 5.92 Å². The Labute approximate surface area is 238 Å². The Morgan fingerprint density at radius 2 is 0.946 bits per heavy atom. The van der Waals surface area contributed by atoms with Crippen molar-refractivity contribution in [3.8, 4) is 0 Å². The fourth-order valence-corrected chi connectivity index (χ4v) is 4.78. The van der Waals surface area contributed by atoms with Crippen molar-refractivity contribution < 1.29 is 0 Å². The van der Waals surface area contributed by atoms with Crippen LogP contribution in [0.25, 0.3) is 5.57 Å². The second kappa shape index (κ2) is 12.4. The van der Waals surface area contributed by atoms with Crippen LogP contribution in [-0.2, 0) is 0 Å². The van der Waals surface area contributed by atoms with Gasteiger partial charge in [-0.2, -0.15) is 0 Å². The average molecular weight is 616 g/mol. The number of anilines is 2. The van der Waals surface area contributed by atoms with Crippen LogP contribution in [0.5, 0.6) is 0 Å². The van der Waals surface area contributed by atoms with E-state index in [0.29, 0.717) is 0 Å². The fraction of sp³-hybridized carbons (Fsp3) is 0.152. The monoisotopic (exact) mass is 614 g/mol. The van der Waals surface area contributed by atoms with Gasteiger partial charge in [-0.25, -0.2) is 0 Å². The third-order valence-electron chi connectivity index (χ3n) is 6.41. The molecule has 0 fully saturated rings. The van der Waals surface area contributed by atoms with E-state index < -0.39 is 0 Å². The third-order valence-corrected chi connectivity index (χ3v) is 7.47. The summed E-state index contributed by atoms with van der Waals surface area (Å²) in [7, 11) is 8.27. The van der Waals surface area contributed by atoms with Gasteiger partial charge in [-0.3, -0.25) is 0 Å². The van der Waals surface area contributed by atoms with Crippen molar-refractivity contribution in [2.24, 2.45) is 0 Å². The van der Waals surface area contributed by atoms with Crippen molar-refractivity contribution in [2.75, 3.05) is 38.0 Å². The molecule has 0 aromatic heterocycles. The molecule has 37 heavy (non-hydrogen) atoms. The first-order valence-electron chi connectivity index (χ1n) is 12.3. The molecule has 0 N–H and O–H groups in total. The summed E-state index contributed by atoms with van der Waals surface area (Å²) in [5, 5.41) is 0. The van der Waals surface area contributed by atoms with E-state index in [4.69, 9.17) is 0 Å². The Balaban J connectivity index is 1.74. The first kappa shape index (κ1) is 27.0. The number of hydrogen-bond acceptors (Lipinski definition) is 2. The van der Waals surface area contributed by atoms with Crippen LogP contribution in [-0.4, -0.2) is 28.2 Å². The Kier molecular flexibility index (Phi) is 9.07. The summed E-state index contributed by atoms with van der Waals surface area (Å²) in [6, 6.07) is 34.7. The van der Waals surface area contributed by atoms with Crippen LogP contribution in [0, 0.1) is 0 Å². The molecule has 4 rings (SSSR count). The maximum absolute atomic E-state index is 3.58. The minimum atomic E-state index is 0.142. The molecule has 0 heterocycles. The summed E-state index contributed by atoms with van der Waals surface area (Å²) in [5.41, 5.74) is 8.46. The van der Waals surface area contributed by atoms with Crippen molar-refractivity contribution in [2.45, 2.75) is 5.92 Å². The highest BCUT2D eigenvalue weighted by atomic mass is 79.9. The third kappa shape index (κ3) is 7.03. The zero-order valence-electron chi connectivity index (χ0n) is 21.7. The molecule has 0 radical (unpaired) electrons. The van der Waals surface area contributed by atoms with E-state index in [0.717, 1.165) is 8.95 Å². The summed E-state index contributed by atoms with van der Waals surface area (Å²) in [6.45, 7) is 0. The van der Waals surface area contributed by atoms with Gasteiger partial charge in [0.2, 0.25) is 0 Å². The predicted molar refractivity (Wildman–Crippen MR) is 168 cm³/mol. The standard InChI is InChI=1S/C33H32Br2N2/c1-36(2)30-20-12-26(13-21-30)32(24-8-16-28(34)17-9-24)6-5-7-33(25-10-18-29(35)19-11-25)27-14-22-31(23-15-27)37(3)4/h5-23,32H,1-4H3. The summed E-state index contributed by atoms with van der Waals surface area (Å²) >= 11 is 7.15. The van der Waals surface area contributed by atoms with Crippen molar-refractivity contribution >= 4 is 48.8 Å². The van der Waals surface area contributed by atoms with Crippen molar-refractivity contribution in [1.82, 2.24) is 0 Å². The van der Waals surface area contributed by atoms with Crippen LogP contribution in [0.3, 0.4) is 0 Å². The predicted octanol–water partition coefficient (Wildman–Crippen LogP) is 9.16. The maximum Gasteiger partial charge on any atom is 0.0361 e. The fourth-order valence-electron chi connectivity index (χ4n) is 4.26. The van der Waals surface area contributed by atoms with E-state index in [2.05, 4.69) is 185 Å². The molecule has 0 spiro atoms. The molecule has 0 bridgehead atoms. The first-order chi connectivity index (χ1) is 17.8. The van der Waals surface area contributed by atoms with Crippen molar-refractivity contribution in [3.05, 3.63) is 146 Å². The van der Waals surface area contributed by atoms with E-state index in [1.165, 1.54) is 39.2 Å². The molecule has 2 nitrogen and oxygen atoms in total. The first-order valence-corrected chi connectivity index (χ1v) is 13.9. The lowest BCUT2D eigenvalue weighted by atomic mass is 9.90. The lowest BCUT2D eigenvalue weighted by Gasteiger charge is -2.17. The van der Waals surface area contributed by atoms with Gasteiger partial charge in [0.05, 0.1) is 0 Å². The zero-order valence-corrected chi connectivity index (χ0v) is 24.9. The molecule has 4 aromatic carbocycles. The lowest BCUT2D eigenvalue weighted by molar-refractivity contribution is 1.02. The van der Waals surface area contributed by atoms with Crippen LogP contribution >= 0.6 is 31.9 Å². The number of halogens is 2.